The van der Waals surface area contributed by atoms with Gasteiger partial charge in [-0.3, -0.25) is 24.2 Å². The highest BCUT2D eigenvalue weighted by molar-refractivity contribution is 7.89. The second-order valence-electron chi connectivity index (χ2n) is 16.5. The first-order valence-electron chi connectivity index (χ1n) is 19.3. The van der Waals surface area contributed by atoms with Gasteiger partial charge < -0.3 is 26.2 Å². The van der Waals surface area contributed by atoms with Crippen LogP contribution in [-0.4, -0.2) is 103 Å². The molecule has 1 aliphatic heterocycles. The summed E-state index contributed by atoms with van der Waals surface area (Å²) in [7, 11) is -2.45. The van der Waals surface area contributed by atoms with Crippen LogP contribution in [0.5, 0.6) is 0 Å². The quantitative estimate of drug-likeness (QED) is 0.136. The molecule has 5 amide bonds. The molecule has 4 N–H and O–H groups in total. The molecule has 1 aromatic heterocycles. The second kappa shape index (κ2) is 19.1. The van der Waals surface area contributed by atoms with Crippen LogP contribution in [0.1, 0.15) is 99.8 Å². The van der Waals surface area contributed by atoms with Crippen LogP contribution in [0.4, 0.5) is 4.79 Å². The van der Waals surface area contributed by atoms with E-state index in [1.165, 1.54) is 35.9 Å². The lowest BCUT2D eigenvalue weighted by molar-refractivity contribution is -0.145. The Morgan fingerprint density at radius 2 is 1.76 bits per heavy atom. The number of ketones is 1. The predicted octanol–water partition coefficient (Wildman–Crippen LogP) is 3.78. The number of rotatable bonds is 17. The van der Waals surface area contributed by atoms with Crippen molar-refractivity contribution in [3.05, 3.63) is 37.2 Å². The molecule has 1 unspecified atom stereocenters. The van der Waals surface area contributed by atoms with Crippen LogP contribution in [-0.2, 0) is 29.2 Å². The average Bonchev–Trinajstić information content (AvgIpc) is 3.58. The molecule has 5 atom stereocenters. The number of likely N-dealkylation sites (N-methyl/N-ethyl adjacent to an activating group) is 1. The van der Waals surface area contributed by atoms with Gasteiger partial charge in [0.15, 0.2) is 0 Å². The van der Waals surface area contributed by atoms with Gasteiger partial charge in [-0.2, -0.15) is 4.31 Å². The minimum absolute atomic E-state index is 0.0159. The Kier molecular flexibility index (Phi) is 15.8. The summed E-state index contributed by atoms with van der Waals surface area (Å²) in [6.07, 6.45) is 9.67. The van der Waals surface area contributed by atoms with Crippen molar-refractivity contribution in [1.82, 2.24) is 35.5 Å². The Balaban J connectivity index is 1.92. The summed E-state index contributed by atoms with van der Waals surface area (Å²) >= 11 is 0. The average molecular weight is 774 g/mol. The number of nitrogens with zero attached hydrogens (tertiary/aromatic N) is 3. The standard InChI is InChI=1S/C39H63N7O7S/c1-10-16-29(32(47)35(49)41-21-11-2)42-34(48)31-28(26(3)4)18-23-46(31)36(50)33(39(8)19-13-12-14-20-39)44-37(51)43-30(38(5,6)7)25-45(9)54(52,53)27-17-15-22-40-24-27/h11,15,17,22,24,26,28-31,33H,2,10,12-14,16,18-21,23,25H2,1,3-9H3,(H,41,49)(H,42,48)(H2,43,44,51)/t28-,29?,30-,31+,33-/m1/s1. The Labute approximate surface area is 322 Å². The first kappa shape index (κ1) is 44.5. The van der Waals surface area contributed by atoms with E-state index in [0.717, 1.165) is 19.3 Å². The minimum atomic E-state index is -3.91. The van der Waals surface area contributed by atoms with Gasteiger partial charge in [-0.1, -0.05) is 80.2 Å². The summed E-state index contributed by atoms with van der Waals surface area (Å²) in [6, 6.07) is -1.25. The zero-order valence-electron chi connectivity index (χ0n) is 33.4. The van der Waals surface area contributed by atoms with Gasteiger partial charge in [-0.25, -0.2) is 13.2 Å². The molecule has 0 bridgehead atoms. The largest absolute Gasteiger partial charge is 0.346 e. The van der Waals surface area contributed by atoms with Crippen molar-refractivity contribution in [1.29, 1.82) is 0 Å². The van der Waals surface area contributed by atoms with Crippen LogP contribution in [0.15, 0.2) is 42.1 Å². The Hall–Kier alpha value is -3.85. The van der Waals surface area contributed by atoms with Crippen LogP contribution in [0.2, 0.25) is 0 Å². The maximum Gasteiger partial charge on any atom is 0.315 e. The van der Waals surface area contributed by atoms with E-state index < -0.39 is 68.6 Å². The number of carbonyl (C=O) groups is 5. The maximum atomic E-state index is 14.9. The van der Waals surface area contributed by atoms with E-state index >= 15 is 0 Å². The molecule has 3 rings (SSSR count). The first-order chi connectivity index (χ1) is 25.3. The van der Waals surface area contributed by atoms with Gasteiger partial charge >= 0.3 is 6.03 Å². The van der Waals surface area contributed by atoms with Crippen LogP contribution in [0.25, 0.3) is 0 Å². The van der Waals surface area contributed by atoms with Crippen molar-refractivity contribution in [3.8, 4) is 0 Å². The monoisotopic (exact) mass is 773 g/mol. The molecule has 0 spiro atoms. The van der Waals surface area contributed by atoms with Gasteiger partial charge in [0, 0.05) is 45.1 Å². The fourth-order valence-electron chi connectivity index (χ4n) is 7.57. The molecule has 1 aliphatic carbocycles. The second-order valence-corrected chi connectivity index (χ2v) is 18.6. The normalized spacial score (nSPS) is 20.4. The Morgan fingerprint density at radius 3 is 2.31 bits per heavy atom. The van der Waals surface area contributed by atoms with Crippen LogP contribution < -0.4 is 21.3 Å². The van der Waals surface area contributed by atoms with E-state index in [4.69, 9.17) is 0 Å². The summed E-state index contributed by atoms with van der Waals surface area (Å²) < 4.78 is 27.9. The van der Waals surface area contributed by atoms with E-state index in [2.05, 4.69) is 32.8 Å². The van der Waals surface area contributed by atoms with E-state index in [9.17, 15) is 32.4 Å². The van der Waals surface area contributed by atoms with E-state index in [1.807, 2.05) is 48.5 Å². The molecule has 14 nitrogen and oxygen atoms in total. The van der Waals surface area contributed by atoms with Crippen molar-refractivity contribution in [2.75, 3.05) is 26.7 Å². The SMILES string of the molecule is C=CCNC(=O)C(=O)C(CCC)NC(=O)[C@@H]1[C@@H](C(C)C)CCN1C(=O)[C@@H](NC(=O)N[C@H](CN(C)S(=O)(=O)c1cccnc1)C(C)(C)C)C1(C)CCCCC1. The fourth-order valence-corrected chi connectivity index (χ4v) is 8.72. The number of carbonyl (C=O) groups excluding carboxylic acids is 5. The van der Waals surface area contributed by atoms with Crippen LogP contribution >= 0.6 is 0 Å². The molecule has 302 valence electrons. The van der Waals surface area contributed by atoms with Crippen molar-refractivity contribution < 1.29 is 32.4 Å². The molecular weight excluding hydrogens is 711 g/mol. The van der Waals surface area contributed by atoms with Gasteiger partial charge in [0.25, 0.3) is 5.91 Å². The number of likely N-dealkylation sites (tertiary alicyclic amines) is 1. The minimum Gasteiger partial charge on any atom is -0.346 e. The number of Topliss-reactive ketones (excluding diaryl/α,β-unsaturated/α-hetero) is 1. The summed E-state index contributed by atoms with van der Waals surface area (Å²) in [4.78, 5) is 74.3. The number of amides is 5. The van der Waals surface area contributed by atoms with Crippen molar-refractivity contribution >= 4 is 39.6 Å². The van der Waals surface area contributed by atoms with Crippen LogP contribution in [0, 0.1) is 22.7 Å². The predicted molar refractivity (Wildman–Crippen MR) is 207 cm³/mol. The zero-order chi connectivity index (χ0) is 40.4. The summed E-state index contributed by atoms with van der Waals surface area (Å²) in [5.41, 5.74) is -1.20. The van der Waals surface area contributed by atoms with Gasteiger partial charge in [0.2, 0.25) is 27.6 Å². The fraction of sp³-hybridized carbons (Fsp3) is 0.692. The van der Waals surface area contributed by atoms with E-state index in [0.29, 0.717) is 25.7 Å². The summed E-state index contributed by atoms with van der Waals surface area (Å²) in [6.45, 7) is 17.4. The molecule has 1 saturated carbocycles. The van der Waals surface area contributed by atoms with Gasteiger partial charge in [0.05, 0.1) is 6.04 Å². The number of aromatic nitrogens is 1. The molecule has 1 saturated heterocycles. The van der Waals surface area contributed by atoms with Crippen LogP contribution in [0.3, 0.4) is 0 Å². The smallest absolute Gasteiger partial charge is 0.315 e. The summed E-state index contributed by atoms with van der Waals surface area (Å²) in [5, 5.41) is 11.3. The number of sulfonamides is 1. The lowest BCUT2D eigenvalue weighted by Crippen LogP contribution is -2.63. The molecule has 54 heavy (non-hydrogen) atoms. The number of nitrogens with one attached hydrogen (secondary N) is 4. The topological polar surface area (TPSA) is 187 Å². The third-order valence-corrected chi connectivity index (χ3v) is 12.8. The highest BCUT2D eigenvalue weighted by Gasteiger charge is 2.50. The third-order valence-electron chi connectivity index (χ3n) is 11.0. The zero-order valence-corrected chi connectivity index (χ0v) is 34.3. The lowest BCUT2D eigenvalue weighted by atomic mass is 9.70. The highest BCUT2D eigenvalue weighted by atomic mass is 32.2. The number of hydrogen-bond acceptors (Lipinski definition) is 8. The van der Waals surface area contributed by atoms with E-state index in [1.54, 1.807) is 11.0 Å². The van der Waals surface area contributed by atoms with Gasteiger partial charge in [-0.15, -0.1) is 6.58 Å². The number of pyridine rings is 1. The third kappa shape index (κ3) is 11.1. The number of hydrogen-bond donors (Lipinski definition) is 4. The van der Waals surface area contributed by atoms with Crippen molar-refractivity contribution in [3.63, 3.8) is 0 Å². The molecule has 0 aromatic carbocycles. The maximum absolute atomic E-state index is 14.9. The summed E-state index contributed by atoms with van der Waals surface area (Å²) in [5.74, 6) is -2.68. The van der Waals surface area contributed by atoms with Crippen molar-refractivity contribution in [2.45, 2.75) is 129 Å². The highest BCUT2D eigenvalue weighted by Crippen LogP contribution is 2.41. The molecule has 1 aromatic rings. The first-order valence-corrected chi connectivity index (χ1v) is 20.7. The molecule has 2 fully saturated rings. The molecule has 0 radical (unpaired) electrons. The van der Waals surface area contributed by atoms with Gasteiger partial charge in [0.1, 0.15) is 17.0 Å². The molecular formula is C39H63N7O7S. The molecule has 2 heterocycles. The Bertz CT molecular complexity index is 1590. The van der Waals surface area contributed by atoms with Crippen molar-refractivity contribution in [2.24, 2.45) is 22.7 Å². The van der Waals surface area contributed by atoms with Gasteiger partial charge in [-0.05, 0) is 60.5 Å². The lowest BCUT2D eigenvalue weighted by Gasteiger charge is -2.43. The number of urea groups is 1. The molecule has 2 aliphatic rings. The Morgan fingerprint density at radius 1 is 1.09 bits per heavy atom. The molecule has 15 heteroatoms. The van der Waals surface area contributed by atoms with E-state index in [-0.39, 0.29) is 48.7 Å².